The number of hydrogen-bond donors (Lipinski definition) is 0. The van der Waals surface area contributed by atoms with Gasteiger partial charge in [-0.3, -0.25) is 0 Å². The van der Waals surface area contributed by atoms with Crippen LogP contribution in [0.15, 0.2) is 36.9 Å². The van der Waals surface area contributed by atoms with Crippen LogP contribution in [0.2, 0.25) is 0 Å². The van der Waals surface area contributed by atoms with E-state index in [-0.39, 0.29) is 0 Å². The van der Waals surface area contributed by atoms with Crippen LogP contribution >= 0.6 is 0 Å². The molecule has 0 amide bonds. The summed E-state index contributed by atoms with van der Waals surface area (Å²) in [7, 11) is 0. The van der Waals surface area contributed by atoms with E-state index in [1.807, 2.05) is 26.8 Å². The van der Waals surface area contributed by atoms with Gasteiger partial charge in [0.2, 0.25) is 0 Å². The number of rotatable bonds is 3. The van der Waals surface area contributed by atoms with Crippen molar-refractivity contribution < 1.29 is 0 Å². The van der Waals surface area contributed by atoms with E-state index >= 15 is 0 Å². The summed E-state index contributed by atoms with van der Waals surface area (Å²) in [4.78, 5) is 0. The molecule has 0 aliphatic rings. The molecule has 1 aromatic heterocycles. The Morgan fingerprint density at radius 1 is 1.16 bits per heavy atom. The smallest absolute Gasteiger partial charge is 0.0493 e. The summed E-state index contributed by atoms with van der Waals surface area (Å²) in [6, 6.07) is 8.97. The Kier molecular flexibility index (Phi) is 5.62. The number of hydrogen-bond acceptors (Lipinski definition) is 0. The van der Waals surface area contributed by atoms with Crippen LogP contribution in [0.1, 0.15) is 51.9 Å². The van der Waals surface area contributed by atoms with Gasteiger partial charge >= 0.3 is 0 Å². The average Bonchev–Trinajstić information content (AvgIpc) is 2.76. The van der Waals surface area contributed by atoms with Crippen LogP contribution in [0, 0.1) is 0 Å². The van der Waals surface area contributed by atoms with Gasteiger partial charge in [0.15, 0.2) is 0 Å². The number of para-hydroxylation sites is 1. The molecule has 2 rings (SSSR count). The lowest BCUT2D eigenvalue weighted by Gasteiger charge is -2.12. The van der Waals surface area contributed by atoms with Crippen molar-refractivity contribution >= 4 is 23.1 Å². The summed E-state index contributed by atoms with van der Waals surface area (Å²) in [5, 5.41) is 1.30. The van der Waals surface area contributed by atoms with Crippen molar-refractivity contribution in [3.05, 3.63) is 48.2 Å². The van der Waals surface area contributed by atoms with Gasteiger partial charge in [0.05, 0.1) is 0 Å². The summed E-state index contributed by atoms with van der Waals surface area (Å²) < 4.78 is 2.34. The van der Waals surface area contributed by atoms with Gasteiger partial charge in [-0.2, -0.15) is 0 Å². The fraction of sp³-hybridized carbons (Fsp3) is 0.333. The van der Waals surface area contributed by atoms with E-state index in [4.69, 9.17) is 0 Å². The lowest BCUT2D eigenvalue weighted by Crippen LogP contribution is -2.02. The molecule has 1 heterocycles. The zero-order chi connectivity index (χ0) is 14.4. The highest BCUT2D eigenvalue weighted by Crippen LogP contribution is 2.31. The summed E-state index contributed by atoms with van der Waals surface area (Å²) in [5.41, 5.74) is 3.76. The maximum Gasteiger partial charge on any atom is 0.0493 e. The second-order valence-corrected chi connectivity index (χ2v) is 4.48. The van der Waals surface area contributed by atoms with Gasteiger partial charge < -0.3 is 4.57 Å². The molecule has 0 spiro atoms. The molecule has 19 heavy (non-hydrogen) atoms. The largest absolute Gasteiger partial charge is 0.338 e. The Morgan fingerprint density at radius 3 is 2.32 bits per heavy atom. The molecule has 2 aromatic rings. The van der Waals surface area contributed by atoms with E-state index in [9.17, 15) is 0 Å². The molecule has 0 fully saturated rings. The predicted molar refractivity (Wildman–Crippen MR) is 88.5 cm³/mol. The number of aromatic nitrogens is 1. The zero-order valence-corrected chi connectivity index (χ0v) is 12.8. The van der Waals surface area contributed by atoms with E-state index in [0.717, 1.165) is 0 Å². The van der Waals surface area contributed by atoms with Crippen molar-refractivity contribution in [1.29, 1.82) is 0 Å². The van der Waals surface area contributed by atoms with Gasteiger partial charge in [0.25, 0.3) is 0 Å². The Bertz CT molecular complexity index is 571. The third-order valence-corrected chi connectivity index (χ3v) is 3.03. The first-order valence-electron chi connectivity index (χ1n) is 7.08. The van der Waals surface area contributed by atoms with Crippen LogP contribution < -0.4 is 0 Å². The molecule has 0 saturated heterocycles. The van der Waals surface area contributed by atoms with Crippen LogP contribution in [0.3, 0.4) is 0 Å². The molecule has 1 aromatic carbocycles. The first kappa shape index (κ1) is 15.3. The maximum absolute atomic E-state index is 3.96. The van der Waals surface area contributed by atoms with Crippen molar-refractivity contribution in [2.45, 2.75) is 40.7 Å². The third-order valence-electron chi connectivity index (χ3n) is 3.03. The van der Waals surface area contributed by atoms with Crippen LogP contribution in [0.4, 0.5) is 0 Å². The first-order chi connectivity index (χ1) is 9.20. The first-order valence-corrected chi connectivity index (χ1v) is 7.08. The minimum atomic E-state index is 0.437. The normalized spacial score (nSPS) is 10.8. The molecule has 0 radical (unpaired) electrons. The zero-order valence-electron chi connectivity index (χ0n) is 12.8. The highest BCUT2D eigenvalue weighted by atomic mass is 15.0. The van der Waals surface area contributed by atoms with Gasteiger partial charge in [-0.05, 0) is 32.9 Å². The molecule has 0 aliphatic carbocycles. The van der Waals surface area contributed by atoms with Gasteiger partial charge in [-0.25, -0.2) is 0 Å². The Balaban J connectivity index is 0.000000861. The minimum Gasteiger partial charge on any atom is -0.338 e. The lowest BCUT2D eigenvalue weighted by atomic mass is 10.1. The van der Waals surface area contributed by atoms with Gasteiger partial charge in [-0.15, -0.1) is 0 Å². The Morgan fingerprint density at radius 2 is 1.79 bits per heavy atom. The molecule has 0 unspecified atom stereocenters. The molecule has 102 valence electrons. The monoisotopic (exact) mass is 255 g/mol. The Hall–Kier alpha value is -1.76. The van der Waals surface area contributed by atoms with E-state index in [1.165, 1.54) is 22.2 Å². The number of fused-ring (bicyclic) bond motifs is 1. The standard InChI is InChI=1S/C16H19N.C2H6/c1-5-9-13-14-10-7-8-11-16(14)17(12(3)4)15(13)6-2;1-2/h5-12H,2H2,1,3-4H3;1-2H3/b9-5-;. The highest BCUT2D eigenvalue weighted by Gasteiger charge is 2.14. The molecule has 0 atom stereocenters. The van der Waals surface area contributed by atoms with Gasteiger partial charge in [0.1, 0.15) is 0 Å². The molecule has 0 bridgehead atoms. The number of benzene rings is 1. The third kappa shape index (κ3) is 2.81. The van der Waals surface area contributed by atoms with Crippen LogP contribution in [-0.4, -0.2) is 4.57 Å². The molecule has 0 aliphatic heterocycles. The summed E-state index contributed by atoms with van der Waals surface area (Å²) >= 11 is 0. The number of allylic oxidation sites excluding steroid dienone is 1. The number of nitrogens with zero attached hydrogens (tertiary/aromatic N) is 1. The maximum atomic E-state index is 3.96. The second-order valence-electron chi connectivity index (χ2n) is 4.48. The van der Waals surface area contributed by atoms with Gasteiger partial charge in [0, 0.05) is 28.2 Å². The Labute approximate surface area is 117 Å². The predicted octanol–water partition coefficient (Wildman–Crippen LogP) is 5.92. The minimum absolute atomic E-state index is 0.437. The average molecular weight is 255 g/mol. The quantitative estimate of drug-likeness (QED) is 0.641. The lowest BCUT2D eigenvalue weighted by molar-refractivity contribution is 0.618. The highest BCUT2D eigenvalue weighted by molar-refractivity contribution is 5.94. The van der Waals surface area contributed by atoms with Crippen molar-refractivity contribution in [2.24, 2.45) is 0 Å². The van der Waals surface area contributed by atoms with Gasteiger partial charge in [-0.1, -0.05) is 50.8 Å². The van der Waals surface area contributed by atoms with E-state index in [1.54, 1.807) is 0 Å². The van der Waals surface area contributed by atoms with Crippen molar-refractivity contribution in [3.63, 3.8) is 0 Å². The SMILES string of the molecule is C=Cc1c(/C=C\C)c2ccccc2n1C(C)C.CC. The van der Waals surface area contributed by atoms with E-state index in [2.05, 4.69) is 61.4 Å². The molecular weight excluding hydrogens is 230 g/mol. The molecular formula is C18H25N. The fourth-order valence-electron chi connectivity index (χ4n) is 2.42. The summed E-state index contributed by atoms with van der Waals surface area (Å²) in [6.07, 6.45) is 6.20. The van der Waals surface area contributed by atoms with Crippen LogP contribution in [0.25, 0.3) is 23.1 Å². The van der Waals surface area contributed by atoms with Crippen LogP contribution in [0.5, 0.6) is 0 Å². The van der Waals surface area contributed by atoms with E-state index in [0.29, 0.717) is 6.04 Å². The fourth-order valence-corrected chi connectivity index (χ4v) is 2.42. The van der Waals surface area contributed by atoms with Crippen LogP contribution in [-0.2, 0) is 0 Å². The second kappa shape index (κ2) is 6.98. The molecule has 1 heteroatoms. The summed E-state index contributed by atoms with van der Waals surface area (Å²) in [6.45, 7) is 14.4. The van der Waals surface area contributed by atoms with Crippen molar-refractivity contribution in [2.75, 3.05) is 0 Å². The van der Waals surface area contributed by atoms with Crippen molar-refractivity contribution in [1.82, 2.24) is 4.57 Å². The van der Waals surface area contributed by atoms with Crippen molar-refractivity contribution in [3.8, 4) is 0 Å². The van der Waals surface area contributed by atoms with E-state index < -0.39 is 0 Å². The summed E-state index contributed by atoms with van der Waals surface area (Å²) in [5.74, 6) is 0. The molecule has 1 nitrogen and oxygen atoms in total. The molecule has 0 saturated carbocycles. The molecule has 0 N–H and O–H groups in total. The topological polar surface area (TPSA) is 4.93 Å².